The molecule has 1 unspecified atom stereocenters. The van der Waals surface area contributed by atoms with Gasteiger partial charge in [0.15, 0.2) is 0 Å². The molecular formula is C28H32ClN3O3. The van der Waals surface area contributed by atoms with Gasteiger partial charge in [-0.2, -0.15) is 0 Å². The zero-order valence-electron chi connectivity index (χ0n) is 19.8. The standard InChI is InChI=1S/C28H32ClN3O3/c29-25-16-24(27(17-26(25)30)35-14-7-12-21-8-3-1-4-9-21)28(33)31-18-23-20-32(13-15-34-23)19-22-10-5-2-6-11-22/h1-6,8-11,16-17,23H,7,12-15,18-20,30H2,(H,31,33). The highest BCUT2D eigenvalue weighted by atomic mass is 35.5. The van der Waals surface area contributed by atoms with Gasteiger partial charge in [-0.1, -0.05) is 72.3 Å². The van der Waals surface area contributed by atoms with Crippen LogP contribution in [0.4, 0.5) is 5.69 Å². The van der Waals surface area contributed by atoms with Gasteiger partial charge in [-0.05, 0) is 30.0 Å². The van der Waals surface area contributed by atoms with Crippen LogP contribution in [-0.2, 0) is 17.7 Å². The SMILES string of the molecule is Nc1cc(OCCCc2ccccc2)c(C(=O)NCC2CN(Cc3ccccc3)CCO2)cc1Cl. The highest BCUT2D eigenvalue weighted by Gasteiger charge is 2.22. The lowest BCUT2D eigenvalue weighted by Crippen LogP contribution is -2.47. The number of ether oxygens (including phenoxy) is 2. The fourth-order valence-electron chi connectivity index (χ4n) is 4.16. The minimum atomic E-state index is -0.256. The molecule has 35 heavy (non-hydrogen) atoms. The summed E-state index contributed by atoms with van der Waals surface area (Å²) in [5.74, 6) is 0.182. The van der Waals surface area contributed by atoms with Crippen molar-refractivity contribution in [3.05, 3.63) is 94.5 Å². The molecule has 1 aliphatic heterocycles. The highest BCUT2D eigenvalue weighted by molar-refractivity contribution is 6.33. The van der Waals surface area contributed by atoms with Gasteiger partial charge in [-0.15, -0.1) is 0 Å². The third-order valence-corrected chi connectivity index (χ3v) is 6.34. The van der Waals surface area contributed by atoms with Crippen LogP contribution in [0.15, 0.2) is 72.8 Å². The van der Waals surface area contributed by atoms with Crippen molar-refractivity contribution < 1.29 is 14.3 Å². The molecule has 3 N–H and O–H groups in total. The number of anilines is 1. The Labute approximate surface area is 212 Å². The number of aryl methyl sites for hydroxylation is 1. The molecule has 3 aromatic rings. The summed E-state index contributed by atoms with van der Waals surface area (Å²) >= 11 is 6.22. The monoisotopic (exact) mass is 493 g/mol. The van der Waals surface area contributed by atoms with Crippen molar-refractivity contribution in [2.75, 3.05) is 38.6 Å². The third kappa shape index (κ3) is 7.46. The second-order valence-electron chi connectivity index (χ2n) is 8.73. The van der Waals surface area contributed by atoms with Crippen LogP contribution in [0, 0.1) is 0 Å². The number of nitrogens with one attached hydrogen (secondary N) is 1. The molecule has 1 amide bonds. The Hall–Kier alpha value is -3.06. The number of hydrogen-bond acceptors (Lipinski definition) is 5. The van der Waals surface area contributed by atoms with Gasteiger partial charge in [0.1, 0.15) is 5.75 Å². The number of morpholine rings is 1. The molecule has 7 heteroatoms. The maximum atomic E-state index is 13.0. The van der Waals surface area contributed by atoms with Crippen LogP contribution < -0.4 is 15.8 Å². The first-order valence-corrected chi connectivity index (χ1v) is 12.4. The van der Waals surface area contributed by atoms with E-state index in [0.29, 0.717) is 41.8 Å². The molecule has 6 nitrogen and oxygen atoms in total. The summed E-state index contributed by atoms with van der Waals surface area (Å²) in [5.41, 5.74) is 9.26. The molecule has 0 saturated carbocycles. The van der Waals surface area contributed by atoms with Crippen LogP contribution in [0.3, 0.4) is 0 Å². The molecule has 1 atom stereocenters. The normalized spacial score (nSPS) is 16.1. The molecule has 1 saturated heterocycles. The maximum Gasteiger partial charge on any atom is 0.255 e. The minimum absolute atomic E-state index is 0.0871. The number of nitrogens with two attached hydrogens (primary N) is 1. The van der Waals surface area contributed by atoms with Gasteiger partial charge in [-0.25, -0.2) is 0 Å². The number of hydrogen-bond donors (Lipinski definition) is 2. The molecule has 0 spiro atoms. The molecular weight excluding hydrogens is 462 g/mol. The molecule has 1 fully saturated rings. The molecule has 0 aliphatic carbocycles. The quantitative estimate of drug-likeness (QED) is 0.320. The highest BCUT2D eigenvalue weighted by Crippen LogP contribution is 2.29. The van der Waals surface area contributed by atoms with Gasteiger partial charge < -0.3 is 20.5 Å². The van der Waals surface area contributed by atoms with E-state index < -0.39 is 0 Å². The lowest BCUT2D eigenvalue weighted by Gasteiger charge is -2.33. The van der Waals surface area contributed by atoms with Crippen LogP contribution in [-0.4, -0.2) is 49.8 Å². The zero-order valence-corrected chi connectivity index (χ0v) is 20.5. The predicted octanol–water partition coefficient (Wildman–Crippen LogP) is 4.56. The molecule has 1 heterocycles. The molecule has 0 bridgehead atoms. The lowest BCUT2D eigenvalue weighted by molar-refractivity contribution is -0.0292. The number of amides is 1. The first kappa shape index (κ1) is 25.0. The summed E-state index contributed by atoms with van der Waals surface area (Å²) < 4.78 is 11.8. The lowest BCUT2D eigenvalue weighted by atomic mass is 10.1. The smallest absolute Gasteiger partial charge is 0.255 e. The van der Waals surface area contributed by atoms with E-state index in [4.69, 9.17) is 26.8 Å². The minimum Gasteiger partial charge on any atom is -0.493 e. The van der Waals surface area contributed by atoms with E-state index in [1.807, 2.05) is 36.4 Å². The van der Waals surface area contributed by atoms with Crippen molar-refractivity contribution in [3.8, 4) is 5.75 Å². The summed E-state index contributed by atoms with van der Waals surface area (Å²) in [4.78, 5) is 15.4. The van der Waals surface area contributed by atoms with Gasteiger partial charge in [0.25, 0.3) is 5.91 Å². The maximum absolute atomic E-state index is 13.0. The van der Waals surface area contributed by atoms with E-state index in [9.17, 15) is 4.79 Å². The summed E-state index contributed by atoms with van der Waals surface area (Å²) in [6.45, 7) is 3.99. The first-order valence-electron chi connectivity index (χ1n) is 12.0. The van der Waals surface area contributed by atoms with E-state index in [-0.39, 0.29) is 12.0 Å². The van der Waals surface area contributed by atoms with E-state index in [1.54, 1.807) is 12.1 Å². The van der Waals surface area contributed by atoms with Gasteiger partial charge in [0.2, 0.25) is 0 Å². The van der Waals surface area contributed by atoms with Crippen LogP contribution in [0.25, 0.3) is 0 Å². The van der Waals surface area contributed by atoms with Crippen molar-refractivity contribution in [2.24, 2.45) is 0 Å². The second-order valence-corrected chi connectivity index (χ2v) is 9.14. The number of rotatable bonds is 10. The fraction of sp³-hybridized carbons (Fsp3) is 0.321. The average Bonchev–Trinajstić information content (AvgIpc) is 2.88. The Kier molecular flexibility index (Phi) is 9.01. The average molecular weight is 494 g/mol. The molecule has 3 aromatic carbocycles. The van der Waals surface area contributed by atoms with Gasteiger partial charge >= 0.3 is 0 Å². The Morgan fingerprint density at radius 1 is 1.09 bits per heavy atom. The number of carbonyl (C=O) groups excluding carboxylic acids is 1. The van der Waals surface area contributed by atoms with Crippen molar-refractivity contribution in [3.63, 3.8) is 0 Å². The van der Waals surface area contributed by atoms with Crippen molar-refractivity contribution >= 4 is 23.2 Å². The van der Waals surface area contributed by atoms with Crippen molar-refractivity contribution in [1.29, 1.82) is 0 Å². The Balaban J connectivity index is 1.31. The number of halogens is 1. The fourth-order valence-corrected chi connectivity index (χ4v) is 4.32. The first-order chi connectivity index (χ1) is 17.1. The van der Waals surface area contributed by atoms with Crippen LogP contribution >= 0.6 is 11.6 Å². The van der Waals surface area contributed by atoms with Crippen LogP contribution in [0.1, 0.15) is 27.9 Å². The third-order valence-electron chi connectivity index (χ3n) is 6.02. The summed E-state index contributed by atoms with van der Waals surface area (Å²) in [5, 5.41) is 3.31. The Bertz CT molecular complexity index is 1100. The van der Waals surface area contributed by atoms with E-state index >= 15 is 0 Å². The van der Waals surface area contributed by atoms with Crippen molar-refractivity contribution in [1.82, 2.24) is 10.2 Å². The van der Waals surface area contributed by atoms with Gasteiger partial charge in [0.05, 0.1) is 35.6 Å². The molecule has 4 rings (SSSR count). The van der Waals surface area contributed by atoms with Gasteiger partial charge in [0, 0.05) is 32.2 Å². The number of benzene rings is 3. The van der Waals surface area contributed by atoms with Crippen molar-refractivity contribution in [2.45, 2.75) is 25.5 Å². The molecule has 0 aromatic heterocycles. The largest absolute Gasteiger partial charge is 0.493 e. The second kappa shape index (κ2) is 12.6. The summed E-state index contributed by atoms with van der Waals surface area (Å²) in [7, 11) is 0. The van der Waals surface area contributed by atoms with Crippen LogP contribution in [0.2, 0.25) is 5.02 Å². The molecule has 1 aliphatic rings. The van der Waals surface area contributed by atoms with Crippen LogP contribution in [0.5, 0.6) is 5.75 Å². The van der Waals surface area contributed by atoms with E-state index in [2.05, 4.69) is 34.5 Å². The molecule has 184 valence electrons. The topological polar surface area (TPSA) is 76.8 Å². The number of nitrogens with zero attached hydrogens (tertiary/aromatic N) is 1. The zero-order chi connectivity index (χ0) is 24.5. The number of nitrogen functional groups attached to an aromatic ring is 1. The summed E-state index contributed by atoms with van der Waals surface area (Å²) in [6.07, 6.45) is 1.63. The van der Waals surface area contributed by atoms with E-state index in [0.717, 1.165) is 32.5 Å². The van der Waals surface area contributed by atoms with E-state index in [1.165, 1.54) is 11.1 Å². The van der Waals surface area contributed by atoms with Gasteiger partial charge in [-0.3, -0.25) is 9.69 Å². The summed E-state index contributed by atoms with van der Waals surface area (Å²) in [6, 6.07) is 23.8. The molecule has 0 radical (unpaired) electrons. The Morgan fingerprint density at radius 2 is 1.80 bits per heavy atom. The Morgan fingerprint density at radius 3 is 2.54 bits per heavy atom. The predicted molar refractivity (Wildman–Crippen MR) is 140 cm³/mol. The number of carbonyl (C=O) groups is 1.